The molecule has 1 fully saturated rings. The Morgan fingerprint density at radius 1 is 1.24 bits per heavy atom. The van der Waals surface area contributed by atoms with Gasteiger partial charge in [-0.3, -0.25) is 4.79 Å². The molecule has 114 valence electrons. The normalized spacial score (nSPS) is 23.1. The number of hydrogen-bond donors (Lipinski definition) is 2. The monoisotopic (exact) mass is 288 g/mol. The quantitative estimate of drug-likeness (QED) is 0.835. The standard InChI is InChI=1S/C17H24N2O2/c1-17(2,3)11-6-8-19(9-7-11)12-4-5-13-14(10-12)18-16(21)15(13)20/h4-5,10-11,15,20H,6-9H2,1-3H3,(H,18,21). The molecule has 0 bridgehead atoms. The summed E-state index contributed by atoms with van der Waals surface area (Å²) in [4.78, 5) is 13.9. The summed E-state index contributed by atoms with van der Waals surface area (Å²) in [5, 5.41) is 12.5. The maximum Gasteiger partial charge on any atom is 0.257 e. The van der Waals surface area contributed by atoms with Gasteiger partial charge in [0.25, 0.3) is 5.91 Å². The number of aliphatic hydroxyl groups is 1. The minimum Gasteiger partial charge on any atom is -0.378 e. The average molecular weight is 288 g/mol. The van der Waals surface area contributed by atoms with E-state index in [1.54, 1.807) is 0 Å². The van der Waals surface area contributed by atoms with Crippen molar-refractivity contribution in [2.45, 2.75) is 39.7 Å². The molecule has 2 aliphatic heterocycles. The van der Waals surface area contributed by atoms with Gasteiger partial charge in [-0.15, -0.1) is 0 Å². The van der Waals surface area contributed by atoms with Crippen LogP contribution < -0.4 is 10.2 Å². The van der Waals surface area contributed by atoms with Crippen LogP contribution in [0.15, 0.2) is 18.2 Å². The Labute approximate surface area is 126 Å². The van der Waals surface area contributed by atoms with Crippen molar-refractivity contribution in [3.63, 3.8) is 0 Å². The summed E-state index contributed by atoms with van der Waals surface area (Å²) >= 11 is 0. The first-order valence-electron chi connectivity index (χ1n) is 7.74. The summed E-state index contributed by atoms with van der Waals surface area (Å²) in [6.07, 6.45) is 1.39. The van der Waals surface area contributed by atoms with Crippen LogP contribution >= 0.6 is 0 Å². The van der Waals surface area contributed by atoms with Crippen molar-refractivity contribution in [1.82, 2.24) is 0 Å². The smallest absolute Gasteiger partial charge is 0.257 e. The number of nitrogens with one attached hydrogen (secondary N) is 1. The Morgan fingerprint density at radius 2 is 1.90 bits per heavy atom. The van der Waals surface area contributed by atoms with E-state index in [4.69, 9.17) is 0 Å². The third kappa shape index (κ3) is 2.64. The van der Waals surface area contributed by atoms with Crippen molar-refractivity contribution in [2.24, 2.45) is 11.3 Å². The zero-order chi connectivity index (χ0) is 15.2. The molecule has 3 rings (SSSR count). The molecule has 0 saturated carbocycles. The van der Waals surface area contributed by atoms with Gasteiger partial charge in [0, 0.05) is 30.0 Å². The Bertz CT molecular complexity index is 554. The van der Waals surface area contributed by atoms with Crippen LogP contribution in [0, 0.1) is 11.3 Å². The Kier molecular flexibility index (Phi) is 3.44. The number of anilines is 2. The largest absolute Gasteiger partial charge is 0.378 e. The second-order valence-electron chi connectivity index (χ2n) is 7.29. The average Bonchev–Trinajstić information content (AvgIpc) is 2.73. The zero-order valence-electron chi connectivity index (χ0n) is 13.0. The van der Waals surface area contributed by atoms with Gasteiger partial charge in [-0.05, 0) is 36.3 Å². The highest BCUT2D eigenvalue weighted by Gasteiger charge is 2.31. The van der Waals surface area contributed by atoms with E-state index in [0.29, 0.717) is 11.0 Å². The lowest BCUT2D eigenvalue weighted by Crippen LogP contribution is -2.38. The van der Waals surface area contributed by atoms with E-state index < -0.39 is 6.10 Å². The number of carbonyl (C=O) groups excluding carboxylic acids is 1. The third-order valence-corrected chi connectivity index (χ3v) is 4.92. The van der Waals surface area contributed by atoms with Crippen LogP contribution in [0.1, 0.15) is 45.3 Å². The van der Waals surface area contributed by atoms with Crippen LogP contribution in [0.5, 0.6) is 0 Å². The molecule has 0 radical (unpaired) electrons. The lowest BCUT2D eigenvalue weighted by Gasteiger charge is -2.39. The van der Waals surface area contributed by atoms with E-state index in [1.807, 2.05) is 18.2 Å². The number of nitrogens with zero attached hydrogens (tertiary/aromatic N) is 1. The first-order chi connectivity index (χ1) is 9.86. The molecule has 2 N–H and O–H groups in total. The second-order valence-corrected chi connectivity index (χ2v) is 7.29. The van der Waals surface area contributed by atoms with Gasteiger partial charge < -0.3 is 15.3 Å². The minimum atomic E-state index is -1.01. The molecule has 1 aromatic carbocycles. The van der Waals surface area contributed by atoms with E-state index in [9.17, 15) is 9.90 Å². The predicted molar refractivity (Wildman–Crippen MR) is 84.4 cm³/mol. The first-order valence-corrected chi connectivity index (χ1v) is 7.74. The third-order valence-electron chi connectivity index (χ3n) is 4.92. The van der Waals surface area contributed by atoms with Gasteiger partial charge in [-0.1, -0.05) is 26.8 Å². The lowest BCUT2D eigenvalue weighted by molar-refractivity contribution is -0.123. The zero-order valence-corrected chi connectivity index (χ0v) is 13.0. The van der Waals surface area contributed by atoms with Crippen LogP contribution in [0.3, 0.4) is 0 Å². The number of carbonyl (C=O) groups is 1. The highest BCUT2D eigenvalue weighted by Crippen LogP contribution is 2.38. The fourth-order valence-corrected chi connectivity index (χ4v) is 3.43. The fourth-order valence-electron chi connectivity index (χ4n) is 3.43. The minimum absolute atomic E-state index is 0.325. The van der Waals surface area contributed by atoms with Gasteiger partial charge in [-0.25, -0.2) is 0 Å². The molecule has 1 amide bonds. The molecule has 0 aromatic heterocycles. The van der Waals surface area contributed by atoms with Gasteiger partial charge in [0.15, 0.2) is 6.10 Å². The van der Waals surface area contributed by atoms with Crippen LogP contribution in [-0.4, -0.2) is 24.1 Å². The number of rotatable bonds is 1. The molecule has 4 nitrogen and oxygen atoms in total. The van der Waals surface area contributed by atoms with Gasteiger partial charge in [0.1, 0.15) is 0 Å². The van der Waals surface area contributed by atoms with E-state index in [2.05, 4.69) is 31.0 Å². The van der Waals surface area contributed by atoms with Crippen molar-refractivity contribution in [1.29, 1.82) is 0 Å². The Hall–Kier alpha value is -1.55. The summed E-state index contributed by atoms with van der Waals surface area (Å²) in [5.41, 5.74) is 2.95. The topological polar surface area (TPSA) is 52.6 Å². The number of hydrogen-bond acceptors (Lipinski definition) is 3. The van der Waals surface area contributed by atoms with Crippen molar-refractivity contribution in [3.05, 3.63) is 23.8 Å². The molecule has 1 aromatic rings. The van der Waals surface area contributed by atoms with Gasteiger partial charge >= 0.3 is 0 Å². The van der Waals surface area contributed by atoms with Crippen molar-refractivity contribution < 1.29 is 9.90 Å². The molecule has 0 spiro atoms. The van der Waals surface area contributed by atoms with E-state index in [1.165, 1.54) is 12.8 Å². The number of aliphatic hydroxyl groups excluding tert-OH is 1. The van der Waals surface area contributed by atoms with Crippen molar-refractivity contribution >= 4 is 17.3 Å². The highest BCUT2D eigenvalue weighted by molar-refractivity contribution is 6.02. The Morgan fingerprint density at radius 3 is 2.52 bits per heavy atom. The van der Waals surface area contributed by atoms with E-state index >= 15 is 0 Å². The molecule has 1 atom stereocenters. The van der Waals surface area contributed by atoms with Crippen molar-refractivity contribution in [3.8, 4) is 0 Å². The SMILES string of the molecule is CC(C)(C)C1CCN(c2ccc3c(c2)NC(=O)C3O)CC1. The fraction of sp³-hybridized carbons (Fsp3) is 0.588. The van der Waals surface area contributed by atoms with Crippen LogP contribution in [-0.2, 0) is 4.79 Å². The van der Waals surface area contributed by atoms with Crippen LogP contribution in [0.4, 0.5) is 11.4 Å². The number of fused-ring (bicyclic) bond motifs is 1. The molecule has 21 heavy (non-hydrogen) atoms. The number of benzene rings is 1. The lowest BCUT2D eigenvalue weighted by atomic mass is 9.75. The molecular weight excluding hydrogens is 264 g/mol. The highest BCUT2D eigenvalue weighted by atomic mass is 16.3. The maximum atomic E-state index is 11.5. The molecule has 4 heteroatoms. The van der Waals surface area contributed by atoms with Crippen molar-refractivity contribution in [2.75, 3.05) is 23.3 Å². The summed E-state index contributed by atoms with van der Waals surface area (Å²) < 4.78 is 0. The van der Waals surface area contributed by atoms with Gasteiger partial charge in [0.05, 0.1) is 0 Å². The summed E-state index contributed by atoms with van der Waals surface area (Å²) in [7, 11) is 0. The first kappa shape index (κ1) is 14.4. The van der Waals surface area contributed by atoms with E-state index in [-0.39, 0.29) is 5.91 Å². The molecule has 1 unspecified atom stereocenters. The van der Waals surface area contributed by atoms with E-state index in [0.717, 1.165) is 30.4 Å². The molecule has 1 saturated heterocycles. The maximum absolute atomic E-state index is 11.5. The summed E-state index contributed by atoms with van der Waals surface area (Å²) in [5.74, 6) is 0.443. The summed E-state index contributed by atoms with van der Waals surface area (Å²) in [6, 6.07) is 5.86. The van der Waals surface area contributed by atoms with Crippen LogP contribution in [0.25, 0.3) is 0 Å². The molecular formula is C17H24N2O2. The molecule has 2 heterocycles. The Balaban J connectivity index is 1.73. The predicted octanol–water partition coefficient (Wildman–Crippen LogP) is 2.93. The summed E-state index contributed by atoms with van der Waals surface area (Å²) in [6.45, 7) is 9.06. The van der Waals surface area contributed by atoms with Crippen LogP contribution in [0.2, 0.25) is 0 Å². The molecule has 0 aliphatic carbocycles. The molecule has 2 aliphatic rings. The second kappa shape index (κ2) is 5.02. The number of piperidine rings is 1. The van der Waals surface area contributed by atoms with Gasteiger partial charge in [-0.2, -0.15) is 0 Å². The van der Waals surface area contributed by atoms with Gasteiger partial charge in [0.2, 0.25) is 0 Å². The number of amides is 1.